The van der Waals surface area contributed by atoms with Gasteiger partial charge in [0.15, 0.2) is 0 Å². The molecule has 1 aromatic heterocycles. The van der Waals surface area contributed by atoms with Gasteiger partial charge >= 0.3 is 0 Å². The SMILES string of the molecule is Cc1ccc(NC(=O)/C(C#N)=C\c2cc(C)n(-c3c(C)cccc3C)c2C)cc1. The Morgan fingerprint density at radius 1 is 1.00 bits per heavy atom. The number of hydrogen-bond acceptors (Lipinski definition) is 2. The summed E-state index contributed by atoms with van der Waals surface area (Å²) < 4.78 is 2.18. The number of carbonyl (C=O) groups is 1. The standard InChI is InChI=1S/C25H25N3O/c1-16-9-11-23(12-10-16)27-25(29)22(15-26)14-21-13-19(4)28(20(21)5)24-17(2)7-6-8-18(24)3/h6-14H,1-5H3,(H,27,29)/b22-14-. The van der Waals surface area contributed by atoms with Gasteiger partial charge in [-0.1, -0.05) is 35.9 Å². The summed E-state index contributed by atoms with van der Waals surface area (Å²) in [4.78, 5) is 12.6. The normalized spacial score (nSPS) is 11.2. The van der Waals surface area contributed by atoms with Crippen LogP contribution in [0.5, 0.6) is 0 Å². The highest BCUT2D eigenvalue weighted by molar-refractivity contribution is 6.09. The van der Waals surface area contributed by atoms with E-state index < -0.39 is 5.91 Å². The van der Waals surface area contributed by atoms with Gasteiger partial charge in [0.05, 0.1) is 5.69 Å². The van der Waals surface area contributed by atoms with Crippen molar-refractivity contribution < 1.29 is 4.79 Å². The van der Waals surface area contributed by atoms with E-state index in [1.54, 1.807) is 6.08 Å². The van der Waals surface area contributed by atoms with Gasteiger partial charge in [-0.05, 0) is 75.6 Å². The van der Waals surface area contributed by atoms with Crippen molar-refractivity contribution >= 4 is 17.7 Å². The first-order chi connectivity index (χ1) is 13.8. The molecule has 0 radical (unpaired) electrons. The number of nitriles is 1. The monoisotopic (exact) mass is 383 g/mol. The lowest BCUT2D eigenvalue weighted by molar-refractivity contribution is -0.112. The zero-order chi connectivity index (χ0) is 21.1. The average molecular weight is 383 g/mol. The molecule has 0 aliphatic rings. The smallest absolute Gasteiger partial charge is 0.266 e. The predicted octanol–water partition coefficient (Wildman–Crippen LogP) is 5.57. The second kappa shape index (κ2) is 8.20. The number of aromatic nitrogens is 1. The maximum atomic E-state index is 12.6. The first-order valence-electron chi connectivity index (χ1n) is 9.57. The van der Waals surface area contributed by atoms with Gasteiger partial charge in [0.25, 0.3) is 5.91 Å². The third kappa shape index (κ3) is 4.14. The van der Waals surface area contributed by atoms with Crippen LogP contribution in [0.25, 0.3) is 11.8 Å². The number of benzene rings is 2. The molecule has 146 valence electrons. The largest absolute Gasteiger partial charge is 0.321 e. The minimum Gasteiger partial charge on any atom is -0.321 e. The van der Waals surface area contributed by atoms with Gasteiger partial charge in [-0.15, -0.1) is 0 Å². The summed E-state index contributed by atoms with van der Waals surface area (Å²) in [7, 11) is 0. The lowest BCUT2D eigenvalue weighted by Crippen LogP contribution is -2.13. The summed E-state index contributed by atoms with van der Waals surface area (Å²) in [6.45, 7) is 10.2. The summed E-state index contributed by atoms with van der Waals surface area (Å²) in [6, 6.07) is 17.8. The molecule has 0 fully saturated rings. The molecule has 0 aliphatic heterocycles. The quantitative estimate of drug-likeness (QED) is 0.473. The van der Waals surface area contributed by atoms with Crippen molar-refractivity contribution in [3.8, 4) is 11.8 Å². The van der Waals surface area contributed by atoms with Crippen molar-refractivity contribution in [2.24, 2.45) is 0 Å². The maximum absolute atomic E-state index is 12.6. The molecule has 3 rings (SSSR count). The van der Waals surface area contributed by atoms with E-state index in [2.05, 4.69) is 35.9 Å². The first-order valence-corrected chi connectivity index (χ1v) is 9.57. The minimum atomic E-state index is -0.409. The van der Waals surface area contributed by atoms with E-state index in [4.69, 9.17) is 0 Å². The molecule has 1 N–H and O–H groups in total. The summed E-state index contributed by atoms with van der Waals surface area (Å²) in [5.74, 6) is -0.409. The van der Waals surface area contributed by atoms with Gasteiger partial charge in [-0.25, -0.2) is 0 Å². The Bertz CT molecular complexity index is 1120. The Hall–Kier alpha value is -3.58. The molecule has 4 nitrogen and oxygen atoms in total. The second-order valence-corrected chi connectivity index (χ2v) is 7.39. The third-order valence-corrected chi connectivity index (χ3v) is 5.11. The van der Waals surface area contributed by atoms with Crippen LogP contribution in [0.4, 0.5) is 5.69 Å². The fraction of sp³-hybridized carbons (Fsp3) is 0.200. The molecule has 4 heteroatoms. The van der Waals surface area contributed by atoms with Gasteiger partial charge in [0.1, 0.15) is 11.6 Å². The van der Waals surface area contributed by atoms with Gasteiger partial charge in [-0.2, -0.15) is 5.26 Å². The summed E-state index contributed by atoms with van der Waals surface area (Å²) >= 11 is 0. The third-order valence-electron chi connectivity index (χ3n) is 5.11. The molecule has 0 atom stereocenters. The number of nitrogens with zero attached hydrogens (tertiary/aromatic N) is 2. The van der Waals surface area contributed by atoms with Crippen LogP contribution in [0, 0.1) is 45.9 Å². The number of aryl methyl sites for hydroxylation is 4. The highest BCUT2D eigenvalue weighted by atomic mass is 16.1. The van der Waals surface area contributed by atoms with Crippen molar-refractivity contribution in [1.82, 2.24) is 4.57 Å². The van der Waals surface area contributed by atoms with Crippen LogP contribution in [-0.2, 0) is 4.79 Å². The number of anilines is 1. The lowest BCUT2D eigenvalue weighted by Gasteiger charge is -2.15. The molecule has 3 aromatic rings. The van der Waals surface area contributed by atoms with Crippen LogP contribution in [0.15, 0.2) is 54.1 Å². The van der Waals surface area contributed by atoms with Crippen molar-refractivity contribution in [3.05, 3.63) is 87.7 Å². The van der Waals surface area contributed by atoms with Crippen molar-refractivity contribution in [2.75, 3.05) is 5.32 Å². The zero-order valence-corrected chi connectivity index (χ0v) is 17.5. The Kier molecular flexibility index (Phi) is 5.70. The highest BCUT2D eigenvalue weighted by Gasteiger charge is 2.16. The summed E-state index contributed by atoms with van der Waals surface area (Å²) in [5, 5.41) is 12.4. The van der Waals surface area contributed by atoms with E-state index in [9.17, 15) is 10.1 Å². The number of carbonyl (C=O) groups excluding carboxylic acids is 1. The molecule has 0 aliphatic carbocycles. The zero-order valence-electron chi connectivity index (χ0n) is 17.5. The molecule has 0 saturated carbocycles. The van der Waals surface area contributed by atoms with E-state index in [-0.39, 0.29) is 5.57 Å². The fourth-order valence-electron chi connectivity index (χ4n) is 3.58. The van der Waals surface area contributed by atoms with E-state index in [0.717, 1.165) is 28.2 Å². The molecule has 2 aromatic carbocycles. The lowest BCUT2D eigenvalue weighted by atomic mass is 10.1. The van der Waals surface area contributed by atoms with Crippen LogP contribution in [0.1, 0.15) is 33.6 Å². The van der Waals surface area contributed by atoms with Crippen LogP contribution >= 0.6 is 0 Å². The minimum absolute atomic E-state index is 0.0762. The Balaban J connectivity index is 1.98. The molecule has 0 unspecified atom stereocenters. The topological polar surface area (TPSA) is 57.8 Å². The molecular formula is C25H25N3O. The molecule has 29 heavy (non-hydrogen) atoms. The van der Waals surface area contributed by atoms with E-state index in [1.807, 2.05) is 63.2 Å². The molecule has 0 saturated heterocycles. The number of rotatable bonds is 4. The number of hydrogen-bond donors (Lipinski definition) is 1. The van der Waals surface area contributed by atoms with Crippen LogP contribution in [-0.4, -0.2) is 10.5 Å². The molecule has 0 spiro atoms. The van der Waals surface area contributed by atoms with Crippen LogP contribution < -0.4 is 5.32 Å². The van der Waals surface area contributed by atoms with Crippen molar-refractivity contribution in [1.29, 1.82) is 5.26 Å². The Labute approximate surface area is 172 Å². The fourth-order valence-corrected chi connectivity index (χ4v) is 3.58. The highest BCUT2D eigenvalue weighted by Crippen LogP contribution is 2.27. The second-order valence-electron chi connectivity index (χ2n) is 7.39. The van der Waals surface area contributed by atoms with Crippen molar-refractivity contribution in [3.63, 3.8) is 0 Å². The molecular weight excluding hydrogens is 358 g/mol. The van der Waals surface area contributed by atoms with Gasteiger partial charge in [-0.3, -0.25) is 4.79 Å². The predicted molar refractivity (Wildman–Crippen MR) is 118 cm³/mol. The number of para-hydroxylation sites is 1. The summed E-state index contributed by atoms with van der Waals surface area (Å²) in [5.41, 5.74) is 8.27. The Morgan fingerprint density at radius 3 is 2.21 bits per heavy atom. The van der Waals surface area contributed by atoms with Crippen LogP contribution in [0.3, 0.4) is 0 Å². The molecule has 1 heterocycles. The van der Waals surface area contributed by atoms with E-state index in [0.29, 0.717) is 5.69 Å². The number of nitrogens with one attached hydrogen (secondary N) is 1. The van der Waals surface area contributed by atoms with E-state index in [1.165, 1.54) is 11.1 Å². The maximum Gasteiger partial charge on any atom is 0.266 e. The van der Waals surface area contributed by atoms with Gasteiger partial charge in [0, 0.05) is 17.1 Å². The Morgan fingerprint density at radius 2 is 1.62 bits per heavy atom. The van der Waals surface area contributed by atoms with Crippen molar-refractivity contribution in [2.45, 2.75) is 34.6 Å². The number of amides is 1. The molecule has 1 amide bonds. The van der Waals surface area contributed by atoms with Gasteiger partial charge in [0.2, 0.25) is 0 Å². The molecule has 0 bridgehead atoms. The summed E-state index contributed by atoms with van der Waals surface area (Å²) in [6.07, 6.45) is 1.66. The van der Waals surface area contributed by atoms with Gasteiger partial charge < -0.3 is 9.88 Å². The van der Waals surface area contributed by atoms with E-state index >= 15 is 0 Å². The average Bonchev–Trinajstić information content (AvgIpc) is 2.95. The first kappa shape index (κ1) is 20.2. The van der Waals surface area contributed by atoms with Crippen LogP contribution in [0.2, 0.25) is 0 Å².